The van der Waals surface area contributed by atoms with Gasteiger partial charge in [-0.3, -0.25) is 0 Å². The molecule has 11 aromatic rings. The maximum absolute atomic E-state index is 6.81. The van der Waals surface area contributed by atoms with E-state index in [0.717, 1.165) is 28.7 Å². The van der Waals surface area contributed by atoms with Crippen molar-refractivity contribution in [3.63, 3.8) is 0 Å². The molecular formula is C48H30N2OS. The van der Waals surface area contributed by atoms with Crippen molar-refractivity contribution >= 4 is 97.1 Å². The Bertz CT molecular complexity index is 3330. The second-order valence-corrected chi connectivity index (χ2v) is 15.0. The summed E-state index contributed by atoms with van der Waals surface area (Å²) in [6, 6.07) is 51.4. The zero-order valence-corrected chi connectivity index (χ0v) is 28.9. The van der Waals surface area contributed by atoms with Gasteiger partial charge in [-0.2, -0.15) is 0 Å². The first-order chi connectivity index (χ1) is 25.8. The minimum Gasteiger partial charge on any atom is -0.455 e. The van der Waals surface area contributed by atoms with Crippen LogP contribution < -0.4 is 0 Å². The number of hydrogen-bond acceptors (Lipinski definition) is 2. The summed E-state index contributed by atoms with van der Waals surface area (Å²) in [6.07, 6.45) is 9.92. The molecule has 3 nitrogen and oxygen atoms in total. The van der Waals surface area contributed by atoms with Crippen molar-refractivity contribution in [1.29, 1.82) is 0 Å². The van der Waals surface area contributed by atoms with E-state index < -0.39 is 0 Å². The highest BCUT2D eigenvalue weighted by molar-refractivity contribution is 7.27. The Kier molecular flexibility index (Phi) is 5.77. The van der Waals surface area contributed by atoms with Gasteiger partial charge >= 0.3 is 0 Å². The predicted molar refractivity (Wildman–Crippen MR) is 221 cm³/mol. The Labute approximate surface area is 302 Å². The molecule has 4 heteroatoms. The molecule has 1 aliphatic rings. The normalized spacial score (nSPS) is 14.9. The number of benzene rings is 7. The van der Waals surface area contributed by atoms with Crippen LogP contribution in [0.25, 0.3) is 103 Å². The van der Waals surface area contributed by atoms with E-state index in [1.807, 2.05) is 11.3 Å². The number of furan rings is 1. The molecule has 0 saturated heterocycles. The molecule has 4 heterocycles. The van der Waals surface area contributed by atoms with Crippen molar-refractivity contribution < 1.29 is 4.42 Å². The van der Waals surface area contributed by atoms with Gasteiger partial charge in [0.25, 0.3) is 0 Å². The minimum atomic E-state index is 0.303. The Morgan fingerprint density at radius 2 is 1.31 bits per heavy atom. The van der Waals surface area contributed by atoms with Gasteiger partial charge in [0.05, 0.1) is 21.8 Å². The molecule has 0 aliphatic heterocycles. The van der Waals surface area contributed by atoms with E-state index in [4.69, 9.17) is 4.42 Å². The highest BCUT2D eigenvalue weighted by atomic mass is 32.1. The van der Waals surface area contributed by atoms with Gasteiger partial charge in [0.1, 0.15) is 11.2 Å². The SMILES string of the molecule is C1=CCC(n2c3ccccc3c3cc(-c4ccc5c6c7c8ccccc8oc7c7c8ccccc8sc7c6n(-c6ccccc6)c5c4)ccc32)C=C1. The van der Waals surface area contributed by atoms with E-state index in [2.05, 4.69) is 173 Å². The molecule has 0 saturated carbocycles. The number of para-hydroxylation sites is 3. The third-order valence-corrected chi connectivity index (χ3v) is 12.4. The number of aromatic nitrogens is 2. The molecule has 0 amide bonds. The molecule has 1 atom stereocenters. The number of allylic oxidation sites excluding steroid dienone is 4. The molecule has 4 aromatic heterocycles. The van der Waals surface area contributed by atoms with Crippen LogP contribution in [-0.4, -0.2) is 9.13 Å². The highest BCUT2D eigenvalue weighted by Gasteiger charge is 2.26. The Morgan fingerprint density at radius 3 is 2.19 bits per heavy atom. The quantitative estimate of drug-likeness (QED) is 0.182. The molecule has 0 radical (unpaired) electrons. The molecular weight excluding hydrogens is 653 g/mol. The standard InChI is InChI=1S/C48H30N2OS/c1-3-13-31(14-4-1)49-38-20-10-7-17-33(38)37-27-29(24-26-39(37)49)30-23-25-34-40(28-30)50(32-15-5-2-6-16-32)46-43(34)44-35-18-8-11-21-41(35)51-47(44)45-36-19-9-12-22-42(36)52-48(45)46/h1-13,15-28,31H,14H2. The summed E-state index contributed by atoms with van der Waals surface area (Å²) in [6.45, 7) is 0. The Balaban J connectivity index is 1.20. The maximum Gasteiger partial charge on any atom is 0.145 e. The molecule has 7 aromatic carbocycles. The number of fused-ring (bicyclic) bond motifs is 15. The van der Waals surface area contributed by atoms with Crippen molar-refractivity contribution in [3.8, 4) is 16.8 Å². The molecule has 0 spiro atoms. The van der Waals surface area contributed by atoms with Crippen LogP contribution in [0.3, 0.4) is 0 Å². The lowest BCUT2D eigenvalue weighted by Crippen LogP contribution is -2.06. The van der Waals surface area contributed by atoms with Gasteiger partial charge in [0.2, 0.25) is 0 Å². The van der Waals surface area contributed by atoms with Crippen LogP contribution in [-0.2, 0) is 0 Å². The fourth-order valence-corrected chi connectivity index (χ4v) is 10.2. The van der Waals surface area contributed by atoms with Gasteiger partial charge in [-0.25, -0.2) is 0 Å². The summed E-state index contributed by atoms with van der Waals surface area (Å²) in [5.41, 5.74) is 10.4. The molecule has 0 N–H and O–H groups in total. The van der Waals surface area contributed by atoms with Gasteiger partial charge in [-0.1, -0.05) is 115 Å². The molecule has 1 unspecified atom stereocenters. The van der Waals surface area contributed by atoms with Crippen LogP contribution in [0.5, 0.6) is 0 Å². The first kappa shape index (κ1) is 28.3. The topological polar surface area (TPSA) is 23.0 Å². The summed E-state index contributed by atoms with van der Waals surface area (Å²) < 4.78 is 14.3. The van der Waals surface area contributed by atoms with Gasteiger partial charge in [0, 0.05) is 64.5 Å². The molecule has 1 aliphatic carbocycles. The smallest absolute Gasteiger partial charge is 0.145 e. The monoisotopic (exact) mass is 682 g/mol. The largest absolute Gasteiger partial charge is 0.455 e. The fraction of sp³-hybridized carbons (Fsp3) is 0.0417. The third-order valence-electron chi connectivity index (χ3n) is 11.2. The lowest BCUT2D eigenvalue weighted by atomic mass is 9.99. The lowest BCUT2D eigenvalue weighted by molar-refractivity contribution is 0.648. The van der Waals surface area contributed by atoms with Crippen molar-refractivity contribution in [2.45, 2.75) is 12.5 Å². The van der Waals surface area contributed by atoms with Crippen molar-refractivity contribution in [3.05, 3.63) is 164 Å². The average molecular weight is 683 g/mol. The van der Waals surface area contributed by atoms with Crippen molar-refractivity contribution in [2.24, 2.45) is 0 Å². The zero-order chi connectivity index (χ0) is 33.9. The second kappa shape index (κ2) is 10.6. The van der Waals surface area contributed by atoms with Crippen LogP contribution in [0.15, 0.2) is 168 Å². The molecule has 0 fully saturated rings. The summed E-state index contributed by atoms with van der Waals surface area (Å²) >= 11 is 1.86. The predicted octanol–water partition coefficient (Wildman–Crippen LogP) is 13.9. The van der Waals surface area contributed by atoms with Gasteiger partial charge in [-0.15, -0.1) is 11.3 Å². The number of thiophene rings is 1. The van der Waals surface area contributed by atoms with Crippen LogP contribution in [0.1, 0.15) is 12.5 Å². The van der Waals surface area contributed by atoms with E-state index in [9.17, 15) is 0 Å². The van der Waals surface area contributed by atoms with E-state index in [1.54, 1.807) is 0 Å². The van der Waals surface area contributed by atoms with E-state index in [1.165, 1.54) is 80.3 Å². The maximum atomic E-state index is 6.81. The summed E-state index contributed by atoms with van der Waals surface area (Å²) in [7, 11) is 0. The van der Waals surface area contributed by atoms with E-state index >= 15 is 0 Å². The molecule has 12 rings (SSSR count). The lowest BCUT2D eigenvalue weighted by Gasteiger charge is -2.18. The van der Waals surface area contributed by atoms with Gasteiger partial charge < -0.3 is 13.6 Å². The van der Waals surface area contributed by atoms with Crippen LogP contribution in [0.2, 0.25) is 0 Å². The van der Waals surface area contributed by atoms with Crippen molar-refractivity contribution in [1.82, 2.24) is 9.13 Å². The summed E-state index contributed by atoms with van der Waals surface area (Å²) in [4.78, 5) is 0. The van der Waals surface area contributed by atoms with Gasteiger partial charge in [0.15, 0.2) is 0 Å². The van der Waals surface area contributed by atoms with Gasteiger partial charge in [-0.05, 0) is 66.1 Å². The number of nitrogens with zero attached hydrogens (tertiary/aromatic N) is 2. The molecule has 52 heavy (non-hydrogen) atoms. The first-order valence-corrected chi connectivity index (χ1v) is 18.8. The molecule has 244 valence electrons. The Hall–Kier alpha value is -6.36. The Morgan fingerprint density at radius 1 is 0.558 bits per heavy atom. The van der Waals surface area contributed by atoms with Crippen LogP contribution in [0, 0.1) is 0 Å². The van der Waals surface area contributed by atoms with Crippen molar-refractivity contribution in [2.75, 3.05) is 0 Å². The van der Waals surface area contributed by atoms with Crippen LogP contribution >= 0.6 is 11.3 Å². The van der Waals surface area contributed by atoms with Crippen LogP contribution in [0.4, 0.5) is 0 Å². The zero-order valence-electron chi connectivity index (χ0n) is 28.1. The van der Waals surface area contributed by atoms with E-state index in [-0.39, 0.29) is 0 Å². The fourth-order valence-electron chi connectivity index (χ4n) is 8.99. The molecule has 0 bridgehead atoms. The minimum absolute atomic E-state index is 0.303. The summed E-state index contributed by atoms with van der Waals surface area (Å²) in [5.74, 6) is 0. The number of rotatable bonds is 3. The average Bonchev–Trinajstić information content (AvgIpc) is 3.96. The summed E-state index contributed by atoms with van der Waals surface area (Å²) in [5, 5.41) is 9.85. The second-order valence-electron chi connectivity index (χ2n) is 14.0. The first-order valence-electron chi connectivity index (χ1n) is 18.0. The third kappa shape index (κ3) is 3.79. The number of hydrogen-bond donors (Lipinski definition) is 0. The van der Waals surface area contributed by atoms with E-state index in [0.29, 0.717) is 6.04 Å². The highest BCUT2D eigenvalue weighted by Crippen LogP contribution is 2.51.